The standard InChI is InChI=1S/C18H26N2O3S/c21-17(5-4-16-3-1-2-11-23-16)20-9-6-15(7-10-20)19-18(22)14-8-12-24-13-14/h8,12-13,15-16H,1-7,9-11H2,(H,19,22). The highest BCUT2D eigenvalue weighted by Gasteiger charge is 2.25. The second kappa shape index (κ2) is 8.62. The van der Waals surface area contributed by atoms with Crippen LogP contribution in [-0.4, -0.2) is 48.6 Å². The maximum absolute atomic E-state index is 12.3. The van der Waals surface area contributed by atoms with Crippen molar-refractivity contribution >= 4 is 23.2 Å². The Kier molecular flexibility index (Phi) is 6.26. The van der Waals surface area contributed by atoms with E-state index in [0.29, 0.717) is 6.42 Å². The van der Waals surface area contributed by atoms with E-state index in [4.69, 9.17) is 4.74 Å². The van der Waals surface area contributed by atoms with E-state index in [9.17, 15) is 9.59 Å². The molecule has 2 aliphatic heterocycles. The van der Waals surface area contributed by atoms with Gasteiger partial charge in [0.05, 0.1) is 6.10 Å². The Morgan fingerprint density at radius 2 is 2.08 bits per heavy atom. The number of thiophene rings is 1. The predicted octanol–water partition coefficient (Wildman–Crippen LogP) is 2.82. The SMILES string of the molecule is O=C(NC1CCN(C(=O)CCC2CCCCO2)CC1)c1ccsc1. The van der Waals surface area contributed by atoms with Gasteiger partial charge in [-0.3, -0.25) is 9.59 Å². The molecule has 2 amide bonds. The number of hydrogen-bond donors (Lipinski definition) is 1. The lowest BCUT2D eigenvalue weighted by Crippen LogP contribution is -2.46. The van der Waals surface area contributed by atoms with Crippen molar-refractivity contribution in [3.8, 4) is 0 Å². The average Bonchev–Trinajstić information content (AvgIpc) is 3.16. The Hall–Kier alpha value is -1.40. The van der Waals surface area contributed by atoms with Crippen LogP contribution < -0.4 is 5.32 Å². The van der Waals surface area contributed by atoms with Crippen LogP contribution in [0.1, 0.15) is 55.3 Å². The summed E-state index contributed by atoms with van der Waals surface area (Å²) < 4.78 is 5.69. The number of amides is 2. The first-order valence-electron chi connectivity index (χ1n) is 8.95. The lowest BCUT2D eigenvalue weighted by Gasteiger charge is -2.33. The van der Waals surface area contributed by atoms with Crippen molar-refractivity contribution in [3.05, 3.63) is 22.4 Å². The molecule has 2 aliphatic rings. The van der Waals surface area contributed by atoms with Crippen LogP contribution in [0.15, 0.2) is 16.8 Å². The minimum absolute atomic E-state index is 0.00419. The van der Waals surface area contributed by atoms with Crippen LogP contribution in [0.2, 0.25) is 0 Å². The van der Waals surface area contributed by atoms with Crippen molar-refractivity contribution < 1.29 is 14.3 Å². The number of carbonyl (C=O) groups is 2. The maximum Gasteiger partial charge on any atom is 0.252 e. The zero-order chi connectivity index (χ0) is 16.8. The Morgan fingerprint density at radius 3 is 2.75 bits per heavy atom. The van der Waals surface area contributed by atoms with Crippen LogP contribution >= 0.6 is 11.3 Å². The Bertz CT molecular complexity index is 532. The summed E-state index contributed by atoms with van der Waals surface area (Å²) in [6.07, 6.45) is 6.81. The van der Waals surface area contributed by atoms with Crippen molar-refractivity contribution in [2.75, 3.05) is 19.7 Å². The Morgan fingerprint density at radius 1 is 1.25 bits per heavy atom. The van der Waals surface area contributed by atoms with E-state index in [2.05, 4.69) is 5.32 Å². The molecule has 3 heterocycles. The molecule has 6 heteroatoms. The van der Waals surface area contributed by atoms with Crippen molar-refractivity contribution in [2.45, 2.75) is 57.1 Å². The second-order valence-corrected chi connectivity index (χ2v) is 7.45. The number of nitrogens with one attached hydrogen (secondary N) is 1. The number of nitrogens with zero attached hydrogens (tertiary/aromatic N) is 1. The van der Waals surface area contributed by atoms with E-state index in [1.165, 1.54) is 17.8 Å². The normalized spacial score (nSPS) is 22.3. The molecule has 0 spiro atoms. The molecule has 1 N–H and O–H groups in total. The number of piperidine rings is 1. The number of carbonyl (C=O) groups excluding carboxylic acids is 2. The summed E-state index contributed by atoms with van der Waals surface area (Å²) in [5.74, 6) is 0.224. The van der Waals surface area contributed by atoms with Gasteiger partial charge in [0, 0.05) is 43.1 Å². The summed E-state index contributed by atoms with van der Waals surface area (Å²) in [7, 11) is 0. The quantitative estimate of drug-likeness (QED) is 0.888. The Balaban J connectivity index is 1.36. The van der Waals surface area contributed by atoms with Gasteiger partial charge >= 0.3 is 0 Å². The zero-order valence-corrected chi connectivity index (χ0v) is 14.9. The summed E-state index contributed by atoms with van der Waals surface area (Å²) in [5, 5.41) is 6.85. The van der Waals surface area contributed by atoms with E-state index in [0.717, 1.165) is 57.4 Å². The summed E-state index contributed by atoms with van der Waals surface area (Å²) >= 11 is 1.53. The highest BCUT2D eigenvalue weighted by Crippen LogP contribution is 2.19. The van der Waals surface area contributed by atoms with Crippen LogP contribution in [-0.2, 0) is 9.53 Å². The molecule has 0 aliphatic carbocycles. The lowest BCUT2D eigenvalue weighted by molar-refractivity contribution is -0.133. The van der Waals surface area contributed by atoms with E-state index in [-0.39, 0.29) is 24.0 Å². The van der Waals surface area contributed by atoms with Crippen LogP contribution in [0.3, 0.4) is 0 Å². The van der Waals surface area contributed by atoms with Gasteiger partial charge in [-0.2, -0.15) is 11.3 Å². The van der Waals surface area contributed by atoms with Gasteiger partial charge in [-0.05, 0) is 50.0 Å². The summed E-state index contributed by atoms with van der Waals surface area (Å²) in [5.41, 5.74) is 0.728. The zero-order valence-electron chi connectivity index (χ0n) is 14.0. The van der Waals surface area contributed by atoms with Crippen molar-refractivity contribution in [3.63, 3.8) is 0 Å². The Labute approximate surface area is 147 Å². The molecule has 5 nitrogen and oxygen atoms in total. The largest absolute Gasteiger partial charge is 0.378 e. The van der Waals surface area contributed by atoms with Crippen molar-refractivity contribution in [2.24, 2.45) is 0 Å². The fourth-order valence-corrected chi connectivity index (χ4v) is 4.05. The molecular formula is C18H26N2O3S. The topological polar surface area (TPSA) is 58.6 Å². The molecular weight excluding hydrogens is 324 g/mol. The fourth-order valence-electron chi connectivity index (χ4n) is 3.41. The van der Waals surface area contributed by atoms with Gasteiger partial charge in [0.15, 0.2) is 0 Å². The first-order valence-corrected chi connectivity index (χ1v) is 9.89. The van der Waals surface area contributed by atoms with Gasteiger partial charge in [0.25, 0.3) is 5.91 Å². The van der Waals surface area contributed by atoms with E-state index < -0.39 is 0 Å². The molecule has 3 rings (SSSR count). The molecule has 0 bridgehead atoms. The summed E-state index contributed by atoms with van der Waals surface area (Å²) in [6.45, 7) is 2.31. The molecule has 1 aromatic rings. The monoisotopic (exact) mass is 350 g/mol. The smallest absolute Gasteiger partial charge is 0.252 e. The third-order valence-corrected chi connectivity index (χ3v) is 5.60. The molecule has 132 valence electrons. The molecule has 1 atom stereocenters. The first kappa shape index (κ1) is 17.4. The number of rotatable bonds is 5. The van der Waals surface area contributed by atoms with Crippen LogP contribution in [0, 0.1) is 0 Å². The van der Waals surface area contributed by atoms with Gasteiger partial charge < -0.3 is 15.0 Å². The molecule has 24 heavy (non-hydrogen) atoms. The van der Waals surface area contributed by atoms with Crippen LogP contribution in [0.5, 0.6) is 0 Å². The lowest BCUT2D eigenvalue weighted by atomic mass is 10.0. The van der Waals surface area contributed by atoms with E-state index in [1.807, 2.05) is 21.7 Å². The van der Waals surface area contributed by atoms with Crippen molar-refractivity contribution in [1.29, 1.82) is 0 Å². The number of likely N-dealkylation sites (tertiary alicyclic amines) is 1. The first-order chi connectivity index (χ1) is 11.7. The molecule has 2 saturated heterocycles. The van der Waals surface area contributed by atoms with Gasteiger partial charge in [0.2, 0.25) is 5.91 Å². The molecule has 2 fully saturated rings. The maximum atomic E-state index is 12.3. The highest BCUT2D eigenvalue weighted by molar-refractivity contribution is 7.08. The van der Waals surface area contributed by atoms with Gasteiger partial charge in [-0.1, -0.05) is 0 Å². The van der Waals surface area contributed by atoms with E-state index in [1.54, 1.807) is 0 Å². The minimum Gasteiger partial charge on any atom is -0.378 e. The third-order valence-electron chi connectivity index (χ3n) is 4.92. The predicted molar refractivity (Wildman–Crippen MR) is 94.2 cm³/mol. The highest BCUT2D eigenvalue weighted by atomic mass is 32.1. The fraction of sp³-hybridized carbons (Fsp3) is 0.667. The van der Waals surface area contributed by atoms with Crippen LogP contribution in [0.4, 0.5) is 0 Å². The molecule has 0 saturated carbocycles. The molecule has 0 radical (unpaired) electrons. The third kappa shape index (κ3) is 4.80. The number of hydrogen-bond acceptors (Lipinski definition) is 4. The molecule has 0 aromatic carbocycles. The summed E-state index contributed by atoms with van der Waals surface area (Å²) in [6, 6.07) is 2.01. The van der Waals surface area contributed by atoms with E-state index >= 15 is 0 Å². The van der Waals surface area contributed by atoms with Crippen LogP contribution in [0.25, 0.3) is 0 Å². The second-order valence-electron chi connectivity index (χ2n) is 6.67. The van der Waals surface area contributed by atoms with Gasteiger partial charge in [-0.25, -0.2) is 0 Å². The molecule has 1 aromatic heterocycles. The van der Waals surface area contributed by atoms with Gasteiger partial charge in [-0.15, -0.1) is 0 Å². The summed E-state index contributed by atoms with van der Waals surface area (Å²) in [4.78, 5) is 26.3. The number of ether oxygens (including phenoxy) is 1. The average molecular weight is 350 g/mol. The molecule has 1 unspecified atom stereocenters. The van der Waals surface area contributed by atoms with Gasteiger partial charge in [0.1, 0.15) is 0 Å². The minimum atomic E-state index is -0.00419. The van der Waals surface area contributed by atoms with Crippen molar-refractivity contribution in [1.82, 2.24) is 10.2 Å².